The summed E-state index contributed by atoms with van der Waals surface area (Å²) in [6, 6.07) is 0.292. The van der Waals surface area contributed by atoms with E-state index in [1.165, 1.54) is 6.33 Å². The van der Waals surface area contributed by atoms with E-state index in [1.807, 2.05) is 0 Å². The second-order valence-corrected chi connectivity index (χ2v) is 8.62. The zero-order chi connectivity index (χ0) is 17.8. The predicted octanol–water partition coefficient (Wildman–Crippen LogP) is 1.56. The average molecular weight is 344 g/mol. The number of nitrogens with one attached hydrogen (secondary N) is 1. The Morgan fingerprint density at radius 2 is 2.16 bits per heavy atom. The van der Waals surface area contributed by atoms with E-state index in [4.69, 9.17) is 0 Å². The summed E-state index contributed by atoms with van der Waals surface area (Å²) in [5, 5.41) is 13.7. The number of rotatable bonds is 4. The van der Waals surface area contributed by atoms with Gasteiger partial charge in [0.05, 0.1) is 23.4 Å². The lowest BCUT2D eigenvalue weighted by molar-refractivity contribution is -0.0827. The van der Waals surface area contributed by atoms with Gasteiger partial charge in [0, 0.05) is 30.1 Å². The minimum absolute atomic E-state index is 0.132. The van der Waals surface area contributed by atoms with Crippen LogP contribution >= 0.6 is 0 Å². The number of carbonyl (C=O) groups is 1. The molecule has 4 rings (SSSR count). The molecule has 4 atom stereocenters. The molecule has 0 radical (unpaired) electrons. The molecule has 136 valence electrons. The second-order valence-electron chi connectivity index (χ2n) is 8.62. The van der Waals surface area contributed by atoms with Gasteiger partial charge in [-0.3, -0.25) is 4.79 Å². The molecule has 1 aliphatic heterocycles. The van der Waals surface area contributed by atoms with Crippen LogP contribution in [0.5, 0.6) is 0 Å². The fraction of sp³-hybridized carbons (Fsp3) is 0.737. The molecular formula is C19H28N4O2. The van der Waals surface area contributed by atoms with Crippen LogP contribution in [0, 0.1) is 11.3 Å². The molecule has 2 aliphatic carbocycles. The maximum absolute atomic E-state index is 12.8. The first kappa shape index (κ1) is 16.9. The largest absolute Gasteiger partial charge is 0.391 e. The van der Waals surface area contributed by atoms with Crippen LogP contribution in [0.2, 0.25) is 0 Å². The number of aromatic nitrogens is 2. The van der Waals surface area contributed by atoms with E-state index in [9.17, 15) is 9.90 Å². The molecular weight excluding hydrogens is 316 g/mol. The Kier molecular flexibility index (Phi) is 4.07. The van der Waals surface area contributed by atoms with Gasteiger partial charge in [-0.1, -0.05) is 13.8 Å². The summed E-state index contributed by atoms with van der Waals surface area (Å²) in [7, 11) is 2.15. The summed E-state index contributed by atoms with van der Waals surface area (Å²) in [6.07, 6.45) is 6.45. The van der Waals surface area contributed by atoms with Crippen molar-refractivity contribution in [3.05, 3.63) is 23.8 Å². The maximum atomic E-state index is 12.8. The van der Waals surface area contributed by atoms with E-state index >= 15 is 0 Å². The molecule has 2 unspecified atom stereocenters. The first-order chi connectivity index (χ1) is 11.9. The molecule has 0 aromatic carbocycles. The van der Waals surface area contributed by atoms with Gasteiger partial charge in [0.1, 0.15) is 6.33 Å². The van der Waals surface area contributed by atoms with Gasteiger partial charge in [-0.2, -0.15) is 0 Å². The Morgan fingerprint density at radius 1 is 1.40 bits per heavy atom. The first-order valence-electron chi connectivity index (χ1n) is 9.40. The predicted molar refractivity (Wildman–Crippen MR) is 94.2 cm³/mol. The van der Waals surface area contributed by atoms with E-state index in [0.717, 1.165) is 37.9 Å². The number of hydrogen-bond acceptors (Lipinski definition) is 5. The molecule has 1 spiro atoms. The average Bonchev–Trinajstić information content (AvgIpc) is 3.32. The fourth-order valence-corrected chi connectivity index (χ4v) is 5.44. The van der Waals surface area contributed by atoms with Gasteiger partial charge in [0.25, 0.3) is 5.91 Å². The molecule has 6 heteroatoms. The van der Waals surface area contributed by atoms with Crippen LogP contribution in [0.15, 0.2) is 12.5 Å². The molecule has 2 N–H and O–H groups in total. The highest BCUT2D eigenvalue weighted by Crippen LogP contribution is 2.52. The Morgan fingerprint density at radius 3 is 2.80 bits per heavy atom. The monoisotopic (exact) mass is 344 g/mol. The van der Waals surface area contributed by atoms with Crippen molar-refractivity contribution in [1.82, 2.24) is 20.2 Å². The van der Waals surface area contributed by atoms with Crippen LogP contribution in [0.25, 0.3) is 0 Å². The lowest BCUT2D eigenvalue weighted by Crippen LogP contribution is -2.64. The zero-order valence-electron chi connectivity index (χ0n) is 15.3. The number of aliphatic hydroxyl groups excluding tert-OH is 1. The standard InChI is InChI=1S/C19H28N4O2/c1-11(2)17-19(9-23(17)3)6-14(15(24)7-19)22-18(25)13-8-20-10-21-16(13)12-4-5-12/h8,10-12,14-15,17,24H,4-7,9H2,1-3H3,(H,22,25)/t14-,15-,17?,19?/m1/s1. The summed E-state index contributed by atoms with van der Waals surface area (Å²) >= 11 is 0. The fourth-order valence-electron chi connectivity index (χ4n) is 5.44. The third-order valence-electron chi connectivity index (χ3n) is 6.27. The summed E-state index contributed by atoms with van der Waals surface area (Å²) in [4.78, 5) is 23.5. The highest BCUT2D eigenvalue weighted by Gasteiger charge is 2.58. The molecule has 0 bridgehead atoms. The van der Waals surface area contributed by atoms with Crippen LogP contribution in [0.1, 0.15) is 61.5 Å². The number of amides is 1. The van der Waals surface area contributed by atoms with E-state index in [0.29, 0.717) is 23.4 Å². The highest BCUT2D eigenvalue weighted by molar-refractivity contribution is 5.95. The van der Waals surface area contributed by atoms with Crippen LogP contribution in [-0.4, -0.2) is 57.7 Å². The SMILES string of the molecule is CC(C)C1N(C)CC12C[C@@H](O)[C@H](NC(=O)c1cncnc1C1CC1)C2. The first-order valence-corrected chi connectivity index (χ1v) is 9.40. The van der Waals surface area contributed by atoms with Crippen LogP contribution in [-0.2, 0) is 0 Å². The van der Waals surface area contributed by atoms with Gasteiger partial charge >= 0.3 is 0 Å². The minimum atomic E-state index is -0.479. The number of likely N-dealkylation sites (tertiary alicyclic amines) is 1. The summed E-state index contributed by atoms with van der Waals surface area (Å²) < 4.78 is 0. The van der Waals surface area contributed by atoms with Crippen molar-refractivity contribution < 1.29 is 9.90 Å². The second kappa shape index (κ2) is 6.02. The third-order valence-corrected chi connectivity index (χ3v) is 6.27. The third kappa shape index (κ3) is 2.85. The van der Waals surface area contributed by atoms with Crippen molar-refractivity contribution in [2.24, 2.45) is 11.3 Å². The van der Waals surface area contributed by atoms with Crippen LogP contribution in [0.3, 0.4) is 0 Å². The molecule has 1 aromatic heterocycles. The summed E-state index contributed by atoms with van der Waals surface area (Å²) in [6.45, 7) is 5.48. The molecule has 1 saturated heterocycles. The van der Waals surface area contributed by atoms with Crippen molar-refractivity contribution in [1.29, 1.82) is 0 Å². The number of carbonyl (C=O) groups excluding carboxylic acids is 1. The Balaban J connectivity index is 1.48. The van der Waals surface area contributed by atoms with Crippen LogP contribution in [0.4, 0.5) is 0 Å². The number of aliphatic hydroxyl groups is 1. The van der Waals surface area contributed by atoms with Crippen molar-refractivity contribution in [3.63, 3.8) is 0 Å². The maximum Gasteiger partial charge on any atom is 0.255 e. The van der Waals surface area contributed by atoms with Gasteiger partial charge in [-0.25, -0.2) is 9.97 Å². The topological polar surface area (TPSA) is 78.4 Å². The molecule has 1 aromatic rings. The van der Waals surface area contributed by atoms with Gasteiger partial charge < -0.3 is 15.3 Å². The summed E-state index contributed by atoms with van der Waals surface area (Å²) in [5.74, 6) is 0.802. The molecule has 6 nitrogen and oxygen atoms in total. The minimum Gasteiger partial charge on any atom is -0.391 e. The molecule has 25 heavy (non-hydrogen) atoms. The van der Waals surface area contributed by atoms with Crippen molar-refractivity contribution in [2.75, 3.05) is 13.6 Å². The number of nitrogens with zero attached hydrogens (tertiary/aromatic N) is 3. The molecule has 3 fully saturated rings. The van der Waals surface area contributed by atoms with E-state index in [1.54, 1.807) is 6.20 Å². The van der Waals surface area contributed by atoms with Gasteiger partial charge in [0.15, 0.2) is 0 Å². The van der Waals surface area contributed by atoms with Gasteiger partial charge in [-0.15, -0.1) is 0 Å². The zero-order valence-corrected chi connectivity index (χ0v) is 15.3. The Labute approximate surface area is 149 Å². The van der Waals surface area contributed by atoms with Crippen LogP contribution < -0.4 is 5.32 Å². The molecule has 3 aliphatic rings. The van der Waals surface area contributed by atoms with Crippen molar-refractivity contribution >= 4 is 5.91 Å². The normalized spacial score (nSPS) is 35.2. The molecule has 2 heterocycles. The van der Waals surface area contributed by atoms with E-state index in [-0.39, 0.29) is 17.4 Å². The van der Waals surface area contributed by atoms with E-state index < -0.39 is 6.10 Å². The Hall–Kier alpha value is -1.53. The molecule has 2 saturated carbocycles. The quantitative estimate of drug-likeness (QED) is 0.867. The van der Waals surface area contributed by atoms with E-state index in [2.05, 4.69) is 41.1 Å². The number of hydrogen-bond donors (Lipinski definition) is 2. The lowest BCUT2D eigenvalue weighted by atomic mass is 9.66. The highest BCUT2D eigenvalue weighted by atomic mass is 16.3. The van der Waals surface area contributed by atoms with Crippen molar-refractivity contribution in [2.45, 2.75) is 63.6 Å². The van der Waals surface area contributed by atoms with Gasteiger partial charge in [-0.05, 0) is 38.6 Å². The summed E-state index contributed by atoms with van der Waals surface area (Å²) in [5.41, 5.74) is 1.56. The van der Waals surface area contributed by atoms with Gasteiger partial charge in [0.2, 0.25) is 0 Å². The smallest absolute Gasteiger partial charge is 0.255 e. The van der Waals surface area contributed by atoms with Crippen molar-refractivity contribution in [3.8, 4) is 0 Å². The molecule has 1 amide bonds. The Bertz CT molecular complexity index is 670. The lowest BCUT2D eigenvalue weighted by Gasteiger charge is -2.57.